The van der Waals surface area contributed by atoms with Gasteiger partial charge in [0.2, 0.25) is 0 Å². The van der Waals surface area contributed by atoms with E-state index in [1.54, 1.807) is 0 Å². The van der Waals surface area contributed by atoms with Gasteiger partial charge in [0.25, 0.3) is 0 Å². The molecule has 0 heteroatoms. The predicted molar refractivity (Wildman–Crippen MR) is 93.6 cm³/mol. The second-order valence-electron chi connectivity index (χ2n) is 8.36. The molecular weight excluding hydrogens is 252 g/mol. The summed E-state index contributed by atoms with van der Waals surface area (Å²) in [4.78, 5) is 0. The van der Waals surface area contributed by atoms with E-state index < -0.39 is 0 Å². The van der Waals surface area contributed by atoms with Crippen molar-refractivity contribution in [3.8, 4) is 0 Å². The van der Waals surface area contributed by atoms with Crippen LogP contribution in [-0.4, -0.2) is 0 Å². The number of rotatable bonds is 2. The van der Waals surface area contributed by atoms with E-state index >= 15 is 0 Å². The van der Waals surface area contributed by atoms with E-state index in [4.69, 9.17) is 0 Å². The van der Waals surface area contributed by atoms with Crippen LogP contribution in [0.2, 0.25) is 0 Å². The Balaban J connectivity index is 2.12. The number of hydrogen-bond acceptors (Lipinski definition) is 0. The molecule has 0 spiro atoms. The lowest BCUT2D eigenvalue weighted by molar-refractivity contribution is 0.193. The number of allylic oxidation sites excluding steroid dienone is 1. The highest BCUT2D eigenvalue weighted by Crippen LogP contribution is 2.48. The van der Waals surface area contributed by atoms with Crippen molar-refractivity contribution in [1.82, 2.24) is 0 Å². The lowest BCUT2D eigenvalue weighted by Gasteiger charge is -2.40. The molecule has 0 bridgehead atoms. The molecule has 0 aromatic heterocycles. The first kappa shape index (κ1) is 14.4. The third-order valence-corrected chi connectivity index (χ3v) is 4.60. The normalized spacial score (nSPS) is 18.2. The Morgan fingerprint density at radius 3 is 2.24 bits per heavy atom. The molecule has 0 heterocycles. The van der Waals surface area contributed by atoms with Crippen molar-refractivity contribution in [2.45, 2.75) is 47.0 Å². The second kappa shape index (κ2) is 4.73. The molecule has 0 saturated carbocycles. The van der Waals surface area contributed by atoms with Crippen molar-refractivity contribution in [3.05, 3.63) is 53.6 Å². The topological polar surface area (TPSA) is 0 Å². The minimum atomic E-state index is 0.260. The Morgan fingerprint density at radius 2 is 1.57 bits per heavy atom. The van der Waals surface area contributed by atoms with E-state index in [0.29, 0.717) is 11.3 Å². The molecular formula is C21H26. The zero-order valence-corrected chi connectivity index (χ0v) is 13.9. The highest BCUT2D eigenvalue weighted by Gasteiger charge is 2.35. The Hall–Kier alpha value is -1.56. The zero-order valence-electron chi connectivity index (χ0n) is 13.9. The van der Waals surface area contributed by atoms with Crippen molar-refractivity contribution >= 4 is 16.8 Å². The average molecular weight is 278 g/mol. The van der Waals surface area contributed by atoms with Gasteiger partial charge in [-0.1, -0.05) is 83.2 Å². The minimum absolute atomic E-state index is 0.260. The molecule has 3 rings (SSSR count). The fraction of sp³-hybridized carbons (Fsp3) is 0.429. The molecule has 0 amide bonds. The fourth-order valence-corrected chi connectivity index (χ4v) is 4.26. The van der Waals surface area contributed by atoms with Crippen LogP contribution in [0.4, 0.5) is 0 Å². The van der Waals surface area contributed by atoms with Crippen LogP contribution in [0.15, 0.2) is 42.5 Å². The summed E-state index contributed by atoms with van der Waals surface area (Å²) in [6.07, 6.45) is 5.96. The first-order valence-corrected chi connectivity index (χ1v) is 7.98. The summed E-state index contributed by atoms with van der Waals surface area (Å²) in [7, 11) is 0. The van der Waals surface area contributed by atoms with Crippen molar-refractivity contribution < 1.29 is 0 Å². The lowest BCUT2D eigenvalue weighted by Crippen LogP contribution is -2.27. The third kappa shape index (κ3) is 2.64. The van der Waals surface area contributed by atoms with Crippen LogP contribution in [0, 0.1) is 10.8 Å². The molecule has 2 aromatic carbocycles. The van der Waals surface area contributed by atoms with Gasteiger partial charge in [0.1, 0.15) is 0 Å². The highest BCUT2D eigenvalue weighted by molar-refractivity contribution is 5.95. The standard InChI is InChI=1S/C21H26/c1-20(2,3)14-21(4,5)18-13-12-16-9-6-8-15-10-7-11-17(18)19(15)16/h6-13,18H,14H2,1-5H3. The summed E-state index contributed by atoms with van der Waals surface area (Å²) < 4.78 is 0. The van der Waals surface area contributed by atoms with E-state index in [1.807, 2.05) is 0 Å². The number of benzene rings is 2. The van der Waals surface area contributed by atoms with Crippen LogP contribution in [0.5, 0.6) is 0 Å². The molecule has 1 atom stereocenters. The molecule has 0 fully saturated rings. The van der Waals surface area contributed by atoms with Crippen LogP contribution in [0.1, 0.15) is 58.1 Å². The van der Waals surface area contributed by atoms with Crippen LogP contribution < -0.4 is 0 Å². The van der Waals surface area contributed by atoms with Gasteiger partial charge in [-0.05, 0) is 39.2 Å². The Bertz CT molecular complexity index is 690. The zero-order chi connectivity index (χ0) is 15.3. The maximum Gasteiger partial charge on any atom is 0.00790 e. The van der Waals surface area contributed by atoms with Crippen LogP contribution in [0.25, 0.3) is 16.8 Å². The van der Waals surface area contributed by atoms with Gasteiger partial charge in [-0.3, -0.25) is 0 Å². The van der Waals surface area contributed by atoms with Crippen molar-refractivity contribution in [3.63, 3.8) is 0 Å². The summed E-state index contributed by atoms with van der Waals surface area (Å²) in [6.45, 7) is 11.9. The molecule has 2 aromatic rings. The molecule has 21 heavy (non-hydrogen) atoms. The van der Waals surface area contributed by atoms with Crippen LogP contribution >= 0.6 is 0 Å². The highest BCUT2D eigenvalue weighted by atomic mass is 14.4. The van der Waals surface area contributed by atoms with Crippen molar-refractivity contribution in [2.75, 3.05) is 0 Å². The Morgan fingerprint density at radius 1 is 0.905 bits per heavy atom. The van der Waals surface area contributed by atoms with E-state index in [-0.39, 0.29) is 5.41 Å². The summed E-state index contributed by atoms with van der Waals surface area (Å²) in [5, 5.41) is 2.82. The molecule has 0 aliphatic heterocycles. The second-order valence-corrected chi connectivity index (χ2v) is 8.36. The molecule has 1 aliphatic rings. The van der Waals surface area contributed by atoms with Crippen LogP contribution in [-0.2, 0) is 0 Å². The molecule has 110 valence electrons. The first-order chi connectivity index (χ1) is 9.78. The third-order valence-electron chi connectivity index (χ3n) is 4.60. The van der Waals surface area contributed by atoms with Gasteiger partial charge in [-0.25, -0.2) is 0 Å². The minimum Gasteiger partial charge on any atom is -0.0758 e. The summed E-state index contributed by atoms with van der Waals surface area (Å²) in [5.74, 6) is 0.496. The fourth-order valence-electron chi connectivity index (χ4n) is 4.26. The maximum absolute atomic E-state index is 2.42. The molecule has 0 radical (unpaired) electrons. The van der Waals surface area contributed by atoms with Gasteiger partial charge < -0.3 is 0 Å². The largest absolute Gasteiger partial charge is 0.0758 e. The molecule has 0 N–H and O–H groups in total. The SMILES string of the molecule is CC(C)(C)CC(C)(C)C1C=Cc2cccc3cccc1c23. The molecule has 0 saturated heterocycles. The van der Waals surface area contributed by atoms with E-state index in [1.165, 1.54) is 28.3 Å². The molecule has 1 unspecified atom stereocenters. The lowest BCUT2D eigenvalue weighted by atomic mass is 9.65. The van der Waals surface area contributed by atoms with Gasteiger partial charge >= 0.3 is 0 Å². The quantitative estimate of drug-likeness (QED) is 0.595. The van der Waals surface area contributed by atoms with Gasteiger partial charge in [-0.2, -0.15) is 0 Å². The van der Waals surface area contributed by atoms with Gasteiger partial charge in [0.15, 0.2) is 0 Å². The van der Waals surface area contributed by atoms with Crippen molar-refractivity contribution in [2.24, 2.45) is 10.8 Å². The van der Waals surface area contributed by atoms with E-state index in [0.717, 1.165) is 0 Å². The van der Waals surface area contributed by atoms with Gasteiger partial charge in [0.05, 0.1) is 0 Å². The summed E-state index contributed by atoms with van der Waals surface area (Å²) in [5.41, 5.74) is 3.48. The van der Waals surface area contributed by atoms with Crippen LogP contribution in [0.3, 0.4) is 0 Å². The monoisotopic (exact) mass is 278 g/mol. The predicted octanol–water partition coefficient (Wildman–Crippen LogP) is 6.41. The van der Waals surface area contributed by atoms with Gasteiger partial charge in [0, 0.05) is 5.92 Å². The Labute approximate surface area is 128 Å². The maximum atomic E-state index is 2.42. The molecule has 1 aliphatic carbocycles. The molecule has 0 nitrogen and oxygen atoms in total. The van der Waals surface area contributed by atoms with E-state index in [9.17, 15) is 0 Å². The smallest absolute Gasteiger partial charge is 0.00790 e. The van der Waals surface area contributed by atoms with E-state index in [2.05, 4.69) is 83.2 Å². The Kier molecular flexibility index (Phi) is 3.24. The van der Waals surface area contributed by atoms with Crippen molar-refractivity contribution in [1.29, 1.82) is 0 Å². The first-order valence-electron chi connectivity index (χ1n) is 7.98. The van der Waals surface area contributed by atoms with Gasteiger partial charge in [-0.15, -0.1) is 0 Å². The summed E-state index contributed by atoms with van der Waals surface area (Å²) >= 11 is 0. The number of hydrogen-bond donors (Lipinski definition) is 0. The average Bonchev–Trinajstić information content (AvgIpc) is 2.36. The summed E-state index contributed by atoms with van der Waals surface area (Å²) in [6, 6.07) is 13.4.